The molecular weight excluding hydrogens is 633 g/mol. The van der Waals surface area contributed by atoms with E-state index in [1.165, 1.54) is 10.9 Å². The van der Waals surface area contributed by atoms with Crippen molar-refractivity contribution >= 4 is 25.3 Å². The summed E-state index contributed by atoms with van der Waals surface area (Å²) >= 11 is 0. The zero-order valence-electron chi connectivity index (χ0n) is 27.8. The van der Waals surface area contributed by atoms with E-state index >= 15 is 8.78 Å². The summed E-state index contributed by atoms with van der Waals surface area (Å²) in [6.45, 7) is 9.62. The number of nitrogens with one attached hydrogen (secondary N) is 1. The predicted molar refractivity (Wildman–Crippen MR) is 182 cm³/mol. The van der Waals surface area contributed by atoms with Crippen molar-refractivity contribution in [2.75, 3.05) is 19.0 Å². The van der Waals surface area contributed by atoms with E-state index in [-0.39, 0.29) is 28.1 Å². The second-order valence-corrected chi connectivity index (χ2v) is 18.1. The Bertz CT molecular complexity index is 1810. The number of halogens is 2. The summed E-state index contributed by atoms with van der Waals surface area (Å²) in [7, 11) is -0.864. The first-order chi connectivity index (χ1) is 22.9. The van der Waals surface area contributed by atoms with Crippen molar-refractivity contribution in [2.45, 2.75) is 62.9 Å². The van der Waals surface area contributed by atoms with Crippen LogP contribution in [0.4, 0.5) is 14.6 Å². The fraction of sp³-hybridized carbons (Fsp3) is 0.333. The highest BCUT2D eigenvalue weighted by atomic mass is 28.4. The third-order valence-electron chi connectivity index (χ3n) is 9.45. The van der Waals surface area contributed by atoms with E-state index in [0.29, 0.717) is 5.75 Å². The van der Waals surface area contributed by atoms with Gasteiger partial charge in [0.2, 0.25) is 0 Å². The van der Waals surface area contributed by atoms with Crippen LogP contribution in [0.1, 0.15) is 43.7 Å². The maximum absolute atomic E-state index is 16.3. The number of anilines is 1. The van der Waals surface area contributed by atoms with Gasteiger partial charge in [-0.25, -0.2) is 9.37 Å². The zero-order valence-corrected chi connectivity index (χ0v) is 28.8. The first kappa shape index (κ1) is 33.7. The third-order valence-corrected chi connectivity index (χ3v) is 13.9. The number of aliphatic hydroxyl groups is 1. The average Bonchev–Trinajstić information content (AvgIpc) is 3.63. The maximum Gasteiger partial charge on any atom is 0.312 e. The molecule has 1 radical (unpaired) electrons. The molecule has 48 heavy (non-hydrogen) atoms. The van der Waals surface area contributed by atoms with Crippen LogP contribution in [-0.4, -0.2) is 58.9 Å². The molecule has 1 saturated heterocycles. The molecule has 251 valence electrons. The van der Waals surface area contributed by atoms with Crippen LogP contribution in [-0.2, 0) is 14.7 Å². The summed E-state index contributed by atoms with van der Waals surface area (Å²) in [6, 6.07) is 27.1. The second kappa shape index (κ2) is 13.0. The number of fused-ring (bicyclic) bond motifs is 1. The Hall–Kier alpha value is -4.23. The van der Waals surface area contributed by atoms with Crippen LogP contribution >= 0.6 is 0 Å². The fourth-order valence-corrected chi connectivity index (χ4v) is 7.10. The highest BCUT2D eigenvalue weighted by Crippen LogP contribution is 2.46. The minimum Gasteiger partial charge on any atom is -0.497 e. The molecule has 1 fully saturated rings. The SMILES string of the molecule is COc1ccc(C(Nc2nc(F)nc3c2ncn3[C@@H]2O[C](CO)[C@@H](O[Si](C)(C)C(C)(C)C)[C@@H]2F)(c2ccccc2)c2ccccc2)cc1. The molecule has 3 aromatic carbocycles. The molecule has 0 bridgehead atoms. The van der Waals surface area contributed by atoms with Crippen LogP contribution in [0, 0.1) is 12.2 Å². The van der Waals surface area contributed by atoms with Gasteiger partial charge in [0.1, 0.15) is 17.4 Å². The van der Waals surface area contributed by atoms with Crippen LogP contribution in [0.5, 0.6) is 5.75 Å². The summed E-state index contributed by atoms with van der Waals surface area (Å²) in [5.41, 5.74) is 1.66. The van der Waals surface area contributed by atoms with Crippen LogP contribution in [0.25, 0.3) is 11.2 Å². The van der Waals surface area contributed by atoms with Crippen molar-refractivity contribution in [3.63, 3.8) is 0 Å². The molecular formula is C36H40F2N5O4Si. The normalized spacial score (nSPS) is 19.1. The third kappa shape index (κ3) is 5.98. The molecule has 0 saturated carbocycles. The lowest BCUT2D eigenvalue weighted by atomic mass is 9.77. The lowest BCUT2D eigenvalue weighted by molar-refractivity contribution is 0.0123. The number of aromatic nitrogens is 4. The maximum atomic E-state index is 16.3. The largest absolute Gasteiger partial charge is 0.497 e. The summed E-state index contributed by atoms with van der Waals surface area (Å²) in [6.07, 6.45) is -3.75. The van der Waals surface area contributed by atoms with Gasteiger partial charge in [0.25, 0.3) is 0 Å². The van der Waals surface area contributed by atoms with Crippen molar-refractivity contribution in [2.24, 2.45) is 0 Å². The molecule has 0 unspecified atom stereocenters. The molecule has 12 heteroatoms. The molecule has 1 aliphatic rings. The Morgan fingerprint density at radius 1 is 0.917 bits per heavy atom. The number of nitrogens with zero attached hydrogens (tertiary/aromatic N) is 4. The van der Waals surface area contributed by atoms with Gasteiger partial charge in [0, 0.05) is 0 Å². The van der Waals surface area contributed by atoms with E-state index in [1.54, 1.807) is 7.11 Å². The Morgan fingerprint density at radius 2 is 1.50 bits per heavy atom. The number of rotatable bonds is 10. The Kier molecular flexibility index (Phi) is 9.11. The molecule has 2 aromatic heterocycles. The van der Waals surface area contributed by atoms with Gasteiger partial charge in [-0.15, -0.1) is 0 Å². The second-order valence-electron chi connectivity index (χ2n) is 13.4. The molecule has 5 aromatic rings. The quantitative estimate of drug-likeness (QED) is 0.0916. The Labute approximate surface area is 280 Å². The predicted octanol–water partition coefficient (Wildman–Crippen LogP) is 7.16. The summed E-state index contributed by atoms with van der Waals surface area (Å²) in [4.78, 5) is 12.8. The van der Waals surface area contributed by atoms with Gasteiger partial charge in [0.05, 0.1) is 20.0 Å². The molecule has 6 rings (SSSR count). The average molecular weight is 673 g/mol. The fourth-order valence-electron chi connectivity index (χ4n) is 5.85. The number of alkyl halides is 1. The summed E-state index contributed by atoms with van der Waals surface area (Å²) in [5, 5.41) is 13.5. The van der Waals surface area contributed by atoms with Crippen molar-refractivity contribution < 1.29 is 27.8 Å². The smallest absolute Gasteiger partial charge is 0.312 e. The van der Waals surface area contributed by atoms with Gasteiger partial charge in [-0.3, -0.25) is 4.57 Å². The zero-order chi connectivity index (χ0) is 34.3. The van der Waals surface area contributed by atoms with E-state index in [4.69, 9.17) is 13.9 Å². The highest BCUT2D eigenvalue weighted by Gasteiger charge is 2.52. The van der Waals surface area contributed by atoms with Crippen LogP contribution < -0.4 is 10.1 Å². The molecule has 3 heterocycles. The van der Waals surface area contributed by atoms with Gasteiger partial charge in [-0.05, 0) is 47.0 Å². The van der Waals surface area contributed by atoms with Gasteiger partial charge < -0.3 is 24.3 Å². The van der Waals surface area contributed by atoms with Gasteiger partial charge >= 0.3 is 6.08 Å². The lowest BCUT2D eigenvalue weighted by Crippen LogP contribution is -2.47. The van der Waals surface area contributed by atoms with Crippen LogP contribution in [0.2, 0.25) is 18.1 Å². The monoisotopic (exact) mass is 672 g/mol. The summed E-state index contributed by atoms with van der Waals surface area (Å²) in [5.74, 6) is 0.767. The number of aliphatic hydroxyl groups excluding tert-OH is 1. The number of benzene rings is 3. The first-order valence-corrected chi connectivity index (χ1v) is 18.7. The van der Waals surface area contributed by atoms with E-state index in [9.17, 15) is 5.11 Å². The van der Waals surface area contributed by atoms with E-state index in [0.717, 1.165) is 16.7 Å². The number of hydrogen-bond donors (Lipinski definition) is 2. The number of ether oxygens (including phenoxy) is 2. The van der Waals surface area contributed by atoms with Crippen LogP contribution in [0.15, 0.2) is 91.3 Å². The molecule has 0 amide bonds. The van der Waals surface area contributed by atoms with Crippen molar-refractivity contribution in [1.29, 1.82) is 0 Å². The van der Waals surface area contributed by atoms with Gasteiger partial charge in [-0.2, -0.15) is 14.4 Å². The van der Waals surface area contributed by atoms with E-state index in [2.05, 4.69) is 20.3 Å². The highest BCUT2D eigenvalue weighted by molar-refractivity contribution is 6.74. The molecule has 0 aliphatic carbocycles. The molecule has 9 nitrogen and oxygen atoms in total. The van der Waals surface area contributed by atoms with Gasteiger partial charge in [0.15, 0.2) is 43.8 Å². The number of methoxy groups -OCH3 is 1. The van der Waals surface area contributed by atoms with E-state index < -0.39 is 45.0 Å². The number of imidazole rings is 1. The van der Waals surface area contributed by atoms with E-state index in [1.807, 2.05) is 119 Å². The van der Waals surface area contributed by atoms with Crippen molar-refractivity contribution in [3.8, 4) is 5.75 Å². The molecule has 2 N–H and O–H groups in total. The number of hydrogen-bond acceptors (Lipinski definition) is 8. The molecule has 3 atom stereocenters. The minimum atomic E-state index is -2.47. The Balaban J connectivity index is 1.47. The van der Waals surface area contributed by atoms with Gasteiger partial charge in [-0.1, -0.05) is 93.6 Å². The topological polar surface area (TPSA) is 104 Å². The lowest BCUT2D eigenvalue weighted by Gasteiger charge is -2.39. The van der Waals surface area contributed by atoms with Crippen LogP contribution in [0.3, 0.4) is 0 Å². The first-order valence-electron chi connectivity index (χ1n) is 15.8. The standard InChI is InChI=1S/C36H40F2N5O4Si/c1-35(2,3)48(5,6)47-30-27(21-44)46-33(28(30)37)43-22-39-29-31(40-34(38)41-32(29)43)42-36(23-13-9-7-10-14-23,24-15-11-8-12-16-24)25-17-19-26(45-4)20-18-25/h7-20,22,28,30,33,44H,21H2,1-6H3,(H,40,41,42)/t28-,30+,33+/m0/s1. The Morgan fingerprint density at radius 3 is 2.04 bits per heavy atom. The van der Waals surface area contributed by atoms with Crippen molar-refractivity contribution in [3.05, 3.63) is 120 Å². The molecule has 1 aliphatic heterocycles. The summed E-state index contributed by atoms with van der Waals surface area (Å²) < 4.78 is 50.9. The molecule has 0 spiro atoms. The minimum absolute atomic E-state index is 0.0210. The van der Waals surface area contributed by atoms with Crippen molar-refractivity contribution in [1.82, 2.24) is 19.5 Å².